The molecular weight excluding hydrogens is 488 g/mol. The van der Waals surface area contributed by atoms with Gasteiger partial charge in [0.1, 0.15) is 22.5 Å². The molecule has 3 N–H and O–H groups in total. The first-order chi connectivity index (χ1) is 17.3. The highest BCUT2D eigenvalue weighted by Gasteiger charge is 2.19. The van der Waals surface area contributed by atoms with Gasteiger partial charge in [0.15, 0.2) is 0 Å². The van der Waals surface area contributed by atoms with Crippen LogP contribution in [0.5, 0.6) is 5.75 Å². The normalized spacial score (nSPS) is 11.2. The molecule has 4 rings (SSSR count). The Bertz CT molecular complexity index is 1500. The fourth-order valence-corrected chi connectivity index (χ4v) is 3.56. The lowest BCUT2D eigenvalue weighted by Crippen LogP contribution is -2.28. The number of esters is 1. The summed E-state index contributed by atoms with van der Waals surface area (Å²) in [5.74, 6) is -1.77. The molecule has 11 heteroatoms. The summed E-state index contributed by atoms with van der Waals surface area (Å²) in [6.07, 6.45) is 1.41. The number of amides is 2. The van der Waals surface area contributed by atoms with Gasteiger partial charge in [-0.05, 0) is 70.0 Å². The number of methoxy groups -OCH3 is 1. The van der Waals surface area contributed by atoms with E-state index in [-0.39, 0.29) is 34.1 Å². The Balaban J connectivity index is 1.49. The van der Waals surface area contributed by atoms with Crippen molar-refractivity contribution in [3.05, 3.63) is 93.6 Å². The molecule has 0 spiro atoms. The van der Waals surface area contributed by atoms with Crippen molar-refractivity contribution >= 4 is 46.5 Å². The SMILES string of the molecule is COC(=O)/C(=C/c1ccc2nonc2c1)NC(=O)c1ccc(C(=O)NCc2cccc(O)c2)cc1Cl. The van der Waals surface area contributed by atoms with Gasteiger partial charge in [0.25, 0.3) is 11.8 Å². The molecule has 1 aromatic heterocycles. The number of benzene rings is 3. The van der Waals surface area contributed by atoms with Gasteiger partial charge in [-0.2, -0.15) is 0 Å². The van der Waals surface area contributed by atoms with Crippen molar-refractivity contribution in [2.45, 2.75) is 6.54 Å². The Morgan fingerprint density at radius 1 is 1.03 bits per heavy atom. The molecule has 0 aliphatic carbocycles. The minimum atomic E-state index is -0.777. The zero-order valence-electron chi connectivity index (χ0n) is 18.8. The first-order valence-corrected chi connectivity index (χ1v) is 10.9. The second-order valence-electron chi connectivity index (χ2n) is 7.56. The van der Waals surface area contributed by atoms with Gasteiger partial charge in [-0.15, -0.1) is 0 Å². The van der Waals surface area contributed by atoms with Crippen molar-refractivity contribution < 1.29 is 28.9 Å². The van der Waals surface area contributed by atoms with E-state index in [2.05, 4.69) is 25.6 Å². The van der Waals surface area contributed by atoms with Crippen LogP contribution in [0.25, 0.3) is 17.1 Å². The second kappa shape index (κ2) is 10.7. The van der Waals surface area contributed by atoms with E-state index in [4.69, 9.17) is 16.3 Å². The van der Waals surface area contributed by atoms with Crippen molar-refractivity contribution in [2.24, 2.45) is 0 Å². The van der Waals surface area contributed by atoms with Gasteiger partial charge in [0.05, 0.1) is 17.7 Å². The highest BCUT2D eigenvalue weighted by Crippen LogP contribution is 2.20. The van der Waals surface area contributed by atoms with E-state index >= 15 is 0 Å². The number of aromatic hydroxyl groups is 1. The molecule has 10 nitrogen and oxygen atoms in total. The minimum Gasteiger partial charge on any atom is -0.508 e. The van der Waals surface area contributed by atoms with E-state index in [0.717, 1.165) is 0 Å². The number of rotatable bonds is 7. The lowest BCUT2D eigenvalue weighted by Gasteiger charge is -2.11. The molecule has 0 radical (unpaired) electrons. The Labute approximate surface area is 209 Å². The Morgan fingerprint density at radius 3 is 2.58 bits per heavy atom. The maximum Gasteiger partial charge on any atom is 0.354 e. The number of nitrogens with one attached hydrogen (secondary N) is 2. The van der Waals surface area contributed by atoms with Gasteiger partial charge in [0.2, 0.25) is 0 Å². The summed E-state index contributed by atoms with van der Waals surface area (Å²) < 4.78 is 9.44. The largest absolute Gasteiger partial charge is 0.508 e. The molecular formula is C25H19ClN4O6. The van der Waals surface area contributed by atoms with Crippen LogP contribution in [0, 0.1) is 0 Å². The highest BCUT2D eigenvalue weighted by molar-refractivity contribution is 6.34. The first kappa shape index (κ1) is 24.4. The third-order valence-corrected chi connectivity index (χ3v) is 5.39. The van der Waals surface area contributed by atoms with Crippen LogP contribution in [-0.4, -0.2) is 40.3 Å². The standard InChI is InChI=1S/C25H19ClN4O6/c1-35-25(34)22(11-14-5-8-20-21(10-14)30-36-29-20)28-24(33)18-7-6-16(12-19(18)26)23(32)27-13-15-3-2-4-17(31)9-15/h2-12,31H,13H2,1H3,(H,27,32)(H,28,33)/b22-11-. The summed E-state index contributed by atoms with van der Waals surface area (Å²) in [4.78, 5) is 37.7. The van der Waals surface area contributed by atoms with Gasteiger partial charge in [0, 0.05) is 12.1 Å². The Morgan fingerprint density at radius 2 is 1.83 bits per heavy atom. The molecule has 0 aliphatic heterocycles. The molecule has 0 fully saturated rings. The number of phenolic OH excluding ortho intramolecular Hbond substituents is 1. The van der Waals surface area contributed by atoms with Crippen LogP contribution in [0.4, 0.5) is 0 Å². The number of ether oxygens (including phenoxy) is 1. The summed E-state index contributed by atoms with van der Waals surface area (Å²) in [7, 11) is 1.18. The first-order valence-electron chi connectivity index (χ1n) is 10.5. The molecule has 1 heterocycles. The number of hydrogen-bond acceptors (Lipinski definition) is 8. The average molecular weight is 507 g/mol. The van der Waals surface area contributed by atoms with Gasteiger partial charge in [-0.3, -0.25) is 9.59 Å². The number of carbonyl (C=O) groups excluding carboxylic acids is 3. The third-order valence-electron chi connectivity index (χ3n) is 5.08. The number of aromatic nitrogens is 2. The van der Waals surface area contributed by atoms with Crippen LogP contribution in [-0.2, 0) is 16.1 Å². The van der Waals surface area contributed by atoms with Crippen molar-refractivity contribution in [3.8, 4) is 5.75 Å². The summed E-state index contributed by atoms with van der Waals surface area (Å²) in [5, 5.41) is 22.2. The fourth-order valence-electron chi connectivity index (χ4n) is 3.29. The average Bonchev–Trinajstić information content (AvgIpc) is 3.34. The number of phenols is 1. The molecule has 0 saturated heterocycles. The Hall–Kier alpha value is -4.70. The van der Waals surface area contributed by atoms with Gasteiger partial charge < -0.3 is 20.5 Å². The van der Waals surface area contributed by atoms with E-state index in [0.29, 0.717) is 22.2 Å². The number of nitrogens with zero attached hydrogens (tertiary/aromatic N) is 2. The summed E-state index contributed by atoms with van der Waals surface area (Å²) >= 11 is 6.28. The predicted molar refractivity (Wildman–Crippen MR) is 130 cm³/mol. The van der Waals surface area contributed by atoms with E-state index in [1.54, 1.807) is 30.3 Å². The molecule has 0 unspecified atom stereocenters. The fraction of sp³-hybridized carbons (Fsp3) is 0.0800. The quantitative estimate of drug-likeness (QED) is 0.255. The molecule has 4 aromatic rings. The van der Waals surface area contributed by atoms with Gasteiger partial charge in [-0.1, -0.05) is 29.8 Å². The molecule has 0 saturated carbocycles. The summed E-state index contributed by atoms with van der Waals surface area (Å²) in [6.45, 7) is 0.191. The summed E-state index contributed by atoms with van der Waals surface area (Å²) in [5.41, 5.74) is 2.41. The van der Waals surface area contributed by atoms with Crippen LogP contribution in [0.2, 0.25) is 5.02 Å². The number of carbonyl (C=O) groups is 3. The molecule has 3 aromatic carbocycles. The zero-order valence-corrected chi connectivity index (χ0v) is 19.6. The van der Waals surface area contributed by atoms with Gasteiger partial charge in [-0.25, -0.2) is 9.42 Å². The molecule has 36 heavy (non-hydrogen) atoms. The number of halogens is 1. The van der Waals surface area contributed by atoms with Gasteiger partial charge >= 0.3 is 5.97 Å². The maximum atomic E-state index is 12.9. The van der Waals surface area contributed by atoms with Crippen LogP contribution in [0.1, 0.15) is 31.8 Å². The molecule has 0 atom stereocenters. The van der Waals surface area contributed by atoms with E-state index in [1.165, 1.54) is 43.5 Å². The topological polar surface area (TPSA) is 144 Å². The molecule has 0 aliphatic rings. The molecule has 182 valence electrons. The third kappa shape index (κ3) is 5.68. The Kier molecular flexibility index (Phi) is 7.26. The van der Waals surface area contributed by atoms with E-state index in [9.17, 15) is 19.5 Å². The van der Waals surface area contributed by atoms with Crippen LogP contribution in [0.3, 0.4) is 0 Å². The lowest BCUT2D eigenvalue weighted by molar-refractivity contribution is -0.136. The molecule has 2 amide bonds. The van der Waals surface area contributed by atoms with E-state index in [1.807, 2.05) is 0 Å². The lowest BCUT2D eigenvalue weighted by atomic mass is 10.1. The van der Waals surface area contributed by atoms with Crippen LogP contribution >= 0.6 is 11.6 Å². The predicted octanol–water partition coefficient (Wildman–Crippen LogP) is 3.46. The smallest absolute Gasteiger partial charge is 0.354 e. The van der Waals surface area contributed by atoms with Crippen molar-refractivity contribution in [2.75, 3.05) is 7.11 Å². The van der Waals surface area contributed by atoms with Crippen molar-refractivity contribution in [1.82, 2.24) is 20.9 Å². The van der Waals surface area contributed by atoms with Crippen molar-refractivity contribution in [1.29, 1.82) is 0 Å². The summed E-state index contributed by atoms with van der Waals surface area (Å²) in [6, 6.07) is 15.6. The van der Waals surface area contributed by atoms with Crippen LogP contribution < -0.4 is 10.6 Å². The second-order valence-corrected chi connectivity index (χ2v) is 7.97. The van der Waals surface area contributed by atoms with Crippen LogP contribution in [0.15, 0.2) is 71.0 Å². The molecule has 0 bridgehead atoms. The zero-order chi connectivity index (χ0) is 25.7. The minimum absolute atomic E-state index is 0.0109. The number of fused-ring (bicyclic) bond motifs is 1. The monoisotopic (exact) mass is 506 g/mol. The number of hydrogen-bond donors (Lipinski definition) is 3. The maximum absolute atomic E-state index is 12.9. The van der Waals surface area contributed by atoms with E-state index < -0.39 is 17.8 Å². The highest BCUT2D eigenvalue weighted by atomic mass is 35.5. The van der Waals surface area contributed by atoms with Crippen molar-refractivity contribution in [3.63, 3.8) is 0 Å².